The van der Waals surface area contributed by atoms with E-state index in [1.807, 2.05) is 0 Å². The van der Waals surface area contributed by atoms with Crippen molar-refractivity contribution in [1.29, 1.82) is 5.26 Å². The maximum Gasteiger partial charge on any atom is 0.416 e. The first-order chi connectivity index (χ1) is 8.91. The molecule has 2 unspecified atom stereocenters. The maximum atomic E-state index is 12.6. The van der Waals surface area contributed by atoms with Crippen LogP contribution in [0, 0.1) is 17.2 Å². The van der Waals surface area contributed by atoms with E-state index in [2.05, 4.69) is 11.4 Å². The molecule has 1 aromatic rings. The van der Waals surface area contributed by atoms with E-state index in [4.69, 9.17) is 16.9 Å². The number of nitrogens with zero attached hydrogens (tertiary/aromatic N) is 1. The molecule has 1 N–H and O–H groups in total. The minimum Gasteiger partial charge on any atom is -0.380 e. The first-order valence-electron chi connectivity index (χ1n) is 5.94. The summed E-state index contributed by atoms with van der Waals surface area (Å²) in [6.07, 6.45) is -1.96. The highest BCUT2D eigenvalue weighted by atomic mass is 35.5. The zero-order chi connectivity index (χ0) is 14.0. The molecule has 2 nitrogen and oxygen atoms in total. The second-order valence-corrected chi connectivity index (χ2v) is 5.02. The Morgan fingerprint density at radius 2 is 2.05 bits per heavy atom. The van der Waals surface area contributed by atoms with Gasteiger partial charge >= 0.3 is 6.18 Å². The van der Waals surface area contributed by atoms with Crippen molar-refractivity contribution in [3.05, 3.63) is 28.8 Å². The third-order valence-electron chi connectivity index (χ3n) is 3.32. The summed E-state index contributed by atoms with van der Waals surface area (Å²) in [5.74, 6) is -0.175. The fourth-order valence-electron chi connectivity index (χ4n) is 2.30. The molecule has 2 atom stereocenters. The summed E-state index contributed by atoms with van der Waals surface area (Å²) in [6, 6.07) is 5.21. The molecule has 1 aliphatic carbocycles. The minimum absolute atomic E-state index is 0.133. The van der Waals surface area contributed by atoms with Crippen LogP contribution >= 0.6 is 11.6 Å². The van der Waals surface area contributed by atoms with E-state index in [0.717, 1.165) is 31.4 Å². The Balaban J connectivity index is 2.23. The molecule has 6 heteroatoms. The zero-order valence-corrected chi connectivity index (χ0v) is 10.7. The van der Waals surface area contributed by atoms with Crippen LogP contribution in [0.5, 0.6) is 0 Å². The summed E-state index contributed by atoms with van der Waals surface area (Å²) in [6.45, 7) is 0. The summed E-state index contributed by atoms with van der Waals surface area (Å²) in [5.41, 5.74) is -0.505. The van der Waals surface area contributed by atoms with Gasteiger partial charge in [0.25, 0.3) is 0 Å². The van der Waals surface area contributed by atoms with Gasteiger partial charge in [-0.1, -0.05) is 11.6 Å². The number of benzene rings is 1. The van der Waals surface area contributed by atoms with Crippen LogP contribution in [-0.4, -0.2) is 6.04 Å². The Hall–Kier alpha value is -1.41. The molecule has 0 amide bonds. The topological polar surface area (TPSA) is 35.8 Å². The standard InChI is InChI=1S/C13H12ClF3N2/c14-10-5-4-9(13(15,16)17)6-12(10)19-11-3-1-2-8(11)7-18/h4-6,8,11,19H,1-3H2. The Morgan fingerprint density at radius 3 is 2.68 bits per heavy atom. The molecule has 0 saturated heterocycles. The number of hydrogen-bond donors (Lipinski definition) is 1. The van der Waals surface area contributed by atoms with E-state index in [0.29, 0.717) is 0 Å². The molecule has 0 radical (unpaired) electrons. The van der Waals surface area contributed by atoms with Gasteiger partial charge in [0.2, 0.25) is 0 Å². The van der Waals surface area contributed by atoms with E-state index in [-0.39, 0.29) is 22.7 Å². The van der Waals surface area contributed by atoms with Gasteiger partial charge in [0.15, 0.2) is 0 Å². The monoisotopic (exact) mass is 288 g/mol. The third kappa shape index (κ3) is 3.13. The normalized spacial score (nSPS) is 23.1. The molecule has 0 aliphatic heterocycles. The van der Waals surface area contributed by atoms with Gasteiger partial charge in [0.05, 0.1) is 28.3 Å². The summed E-state index contributed by atoms with van der Waals surface area (Å²) in [4.78, 5) is 0. The predicted octanol–water partition coefficient (Wildman–Crippen LogP) is 4.46. The fourth-order valence-corrected chi connectivity index (χ4v) is 2.47. The lowest BCUT2D eigenvalue weighted by molar-refractivity contribution is -0.137. The molecule has 1 fully saturated rings. The summed E-state index contributed by atoms with van der Waals surface area (Å²) in [7, 11) is 0. The second kappa shape index (κ2) is 5.30. The highest BCUT2D eigenvalue weighted by molar-refractivity contribution is 6.33. The van der Waals surface area contributed by atoms with Crippen molar-refractivity contribution in [2.75, 3.05) is 5.32 Å². The number of hydrogen-bond acceptors (Lipinski definition) is 2. The number of alkyl halides is 3. The average Bonchev–Trinajstić information content (AvgIpc) is 2.77. The summed E-state index contributed by atoms with van der Waals surface area (Å²) < 4.78 is 37.9. The Bertz CT molecular complexity index is 508. The second-order valence-electron chi connectivity index (χ2n) is 4.61. The van der Waals surface area contributed by atoms with Gasteiger partial charge in [0.1, 0.15) is 0 Å². The minimum atomic E-state index is -4.40. The van der Waals surface area contributed by atoms with Gasteiger partial charge in [-0.2, -0.15) is 18.4 Å². The lowest BCUT2D eigenvalue weighted by Crippen LogP contribution is -2.23. The quantitative estimate of drug-likeness (QED) is 0.872. The fraction of sp³-hybridized carbons (Fsp3) is 0.462. The molecule has 0 heterocycles. The van der Waals surface area contributed by atoms with Gasteiger partial charge in [-0.05, 0) is 37.5 Å². The number of nitrogens with one attached hydrogen (secondary N) is 1. The third-order valence-corrected chi connectivity index (χ3v) is 3.65. The molecule has 102 valence electrons. The van der Waals surface area contributed by atoms with Gasteiger partial charge in [0, 0.05) is 6.04 Å². The first kappa shape index (κ1) is 14.0. The van der Waals surface area contributed by atoms with Crippen molar-refractivity contribution in [2.45, 2.75) is 31.5 Å². The SMILES string of the molecule is N#CC1CCCC1Nc1cc(C(F)(F)F)ccc1Cl. The van der Waals surface area contributed by atoms with E-state index in [1.54, 1.807) is 0 Å². The van der Waals surface area contributed by atoms with Crippen molar-refractivity contribution >= 4 is 17.3 Å². The maximum absolute atomic E-state index is 12.6. The van der Waals surface area contributed by atoms with Crippen molar-refractivity contribution in [1.82, 2.24) is 0 Å². The van der Waals surface area contributed by atoms with Crippen LogP contribution in [0.3, 0.4) is 0 Å². The van der Waals surface area contributed by atoms with Crippen molar-refractivity contribution in [3.8, 4) is 6.07 Å². The summed E-state index contributed by atoms with van der Waals surface area (Å²) in [5, 5.41) is 12.2. The van der Waals surface area contributed by atoms with Crippen molar-refractivity contribution in [3.63, 3.8) is 0 Å². The molecular formula is C13H12ClF3N2. The molecular weight excluding hydrogens is 277 g/mol. The Kier molecular flexibility index (Phi) is 3.91. The van der Waals surface area contributed by atoms with Crippen LogP contribution in [-0.2, 0) is 6.18 Å². The molecule has 1 saturated carbocycles. The van der Waals surface area contributed by atoms with Crippen molar-refractivity contribution in [2.24, 2.45) is 5.92 Å². The molecule has 0 bridgehead atoms. The highest BCUT2D eigenvalue weighted by Gasteiger charge is 2.32. The molecule has 1 aliphatic rings. The lowest BCUT2D eigenvalue weighted by Gasteiger charge is -2.19. The average molecular weight is 289 g/mol. The smallest absolute Gasteiger partial charge is 0.380 e. The highest BCUT2D eigenvalue weighted by Crippen LogP contribution is 2.36. The number of anilines is 1. The van der Waals surface area contributed by atoms with Gasteiger partial charge in [-0.3, -0.25) is 0 Å². The molecule has 19 heavy (non-hydrogen) atoms. The Morgan fingerprint density at radius 1 is 1.32 bits per heavy atom. The van der Waals surface area contributed by atoms with Crippen LogP contribution in [0.2, 0.25) is 5.02 Å². The van der Waals surface area contributed by atoms with Gasteiger partial charge in [-0.25, -0.2) is 0 Å². The number of halogens is 4. The van der Waals surface area contributed by atoms with Crippen LogP contribution < -0.4 is 5.32 Å². The van der Waals surface area contributed by atoms with Crippen LogP contribution in [0.1, 0.15) is 24.8 Å². The van der Waals surface area contributed by atoms with E-state index >= 15 is 0 Å². The van der Waals surface area contributed by atoms with Crippen LogP contribution in [0.4, 0.5) is 18.9 Å². The van der Waals surface area contributed by atoms with E-state index in [9.17, 15) is 13.2 Å². The molecule has 0 spiro atoms. The number of nitriles is 1. The Labute approximate surface area is 114 Å². The van der Waals surface area contributed by atoms with E-state index in [1.165, 1.54) is 6.07 Å². The molecule has 2 rings (SSSR count). The molecule has 1 aromatic carbocycles. The zero-order valence-electron chi connectivity index (χ0n) is 9.97. The van der Waals surface area contributed by atoms with Gasteiger partial charge < -0.3 is 5.32 Å². The van der Waals surface area contributed by atoms with E-state index < -0.39 is 11.7 Å². The first-order valence-corrected chi connectivity index (χ1v) is 6.32. The predicted molar refractivity (Wildman–Crippen MR) is 66.8 cm³/mol. The molecule has 0 aromatic heterocycles. The van der Waals surface area contributed by atoms with Crippen molar-refractivity contribution < 1.29 is 13.2 Å². The van der Waals surface area contributed by atoms with Crippen LogP contribution in [0.15, 0.2) is 18.2 Å². The lowest BCUT2D eigenvalue weighted by atomic mass is 10.1. The number of rotatable bonds is 2. The summed E-state index contributed by atoms with van der Waals surface area (Å²) >= 11 is 5.90. The largest absolute Gasteiger partial charge is 0.416 e. The van der Waals surface area contributed by atoms with Gasteiger partial charge in [-0.15, -0.1) is 0 Å². The van der Waals surface area contributed by atoms with Crippen LogP contribution in [0.25, 0.3) is 0 Å².